The van der Waals surface area contributed by atoms with Crippen molar-refractivity contribution >= 4 is 35.1 Å². The molecule has 0 aliphatic carbocycles. The van der Waals surface area contributed by atoms with Gasteiger partial charge in [-0.1, -0.05) is 24.3 Å². The number of likely N-dealkylation sites (N-methyl/N-ethyl adjacent to an activating group) is 1. The highest BCUT2D eigenvalue weighted by atomic mass is 16.6. The van der Waals surface area contributed by atoms with Crippen LogP contribution in [0.5, 0.6) is 0 Å². The summed E-state index contributed by atoms with van der Waals surface area (Å²) in [4.78, 5) is 61.9. The summed E-state index contributed by atoms with van der Waals surface area (Å²) in [5.74, 6) is -2.74. The molecule has 1 aliphatic rings. The quantitative estimate of drug-likeness (QED) is 0.274. The molecular formula is C21H19N3O7. The van der Waals surface area contributed by atoms with Crippen LogP contribution in [0.1, 0.15) is 34.1 Å². The van der Waals surface area contributed by atoms with Crippen molar-refractivity contribution in [2.24, 2.45) is 0 Å². The number of fused-ring (bicyclic) bond motifs is 1. The molecule has 10 nitrogen and oxygen atoms in total. The molecule has 0 bridgehead atoms. The highest BCUT2D eigenvalue weighted by molar-refractivity contribution is 6.23. The third-order valence-electron chi connectivity index (χ3n) is 4.76. The maximum absolute atomic E-state index is 12.5. The Bertz CT molecular complexity index is 1050. The van der Waals surface area contributed by atoms with Gasteiger partial charge in [0.05, 0.1) is 16.9 Å². The number of ether oxygens (including phenoxy) is 1. The van der Waals surface area contributed by atoms with Gasteiger partial charge in [0.25, 0.3) is 23.4 Å². The monoisotopic (exact) mass is 425 g/mol. The molecule has 0 unspecified atom stereocenters. The minimum absolute atomic E-state index is 0.0795. The maximum Gasteiger partial charge on any atom is 0.308 e. The summed E-state index contributed by atoms with van der Waals surface area (Å²) in [6.07, 6.45) is -0.343. The second kappa shape index (κ2) is 9.16. The standard InChI is InChI=1S/C21H19N3O7/c1-2-22(14-7-4-3-5-8-14)17(25)13-31-18(26)11-12-23-20(27)15-9-6-10-16(24(29)30)19(15)21(23)28/h3-10H,2,11-13H2,1H3. The molecule has 0 N–H and O–H groups in total. The third-order valence-corrected chi connectivity index (χ3v) is 4.76. The summed E-state index contributed by atoms with van der Waals surface area (Å²) >= 11 is 0. The predicted octanol–water partition coefficient (Wildman–Crippen LogP) is 2.18. The van der Waals surface area contributed by atoms with Gasteiger partial charge in [-0.2, -0.15) is 0 Å². The van der Waals surface area contributed by atoms with E-state index in [0.717, 1.165) is 11.0 Å². The van der Waals surface area contributed by atoms with E-state index in [-0.39, 0.29) is 24.1 Å². The molecule has 10 heteroatoms. The van der Waals surface area contributed by atoms with E-state index in [1.807, 2.05) is 6.07 Å². The Morgan fingerprint density at radius 3 is 2.42 bits per heavy atom. The number of esters is 1. The number of amides is 3. The number of nitrogens with zero attached hydrogens (tertiary/aromatic N) is 3. The van der Waals surface area contributed by atoms with Crippen molar-refractivity contribution in [2.45, 2.75) is 13.3 Å². The Kier molecular flexibility index (Phi) is 6.39. The summed E-state index contributed by atoms with van der Waals surface area (Å²) in [6, 6.07) is 12.7. The first-order chi connectivity index (χ1) is 14.8. The lowest BCUT2D eigenvalue weighted by Gasteiger charge is -2.21. The highest BCUT2D eigenvalue weighted by Crippen LogP contribution is 2.30. The van der Waals surface area contributed by atoms with Crippen LogP contribution >= 0.6 is 0 Å². The summed E-state index contributed by atoms with van der Waals surface area (Å²) in [5, 5.41) is 11.1. The first-order valence-corrected chi connectivity index (χ1v) is 9.49. The lowest BCUT2D eigenvalue weighted by molar-refractivity contribution is -0.385. The molecule has 2 aromatic carbocycles. The lowest BCUT2D eigenvalue weighted by Crippen LogP contribution is -2.35. The van der Waals surface area contributed by atoms with E-state index in [2.05, 4.69) is 0 Å². The van der Waals surface area contributed by atoms with Crippen molar-refractivity contribution in [3.05, 3.63) is 69.8 Å². The van der Waals surface area contributed by atoms with Crippen LogP contribution in [0.25, 0.3) is 0 Å². The Morgan fingerprint density at radius 1 is 1.06 bits per heavy atom. The zero-order valence-electron chi connectivity index (χ0n) is 16.6. The number of hydrogen-bond acceptors (Lipinski definition) is 7. The summed E-state index contributed by atoms with van der Waals surface area (Å²) in [7, 11) is 0. The van der Waals surface area contributed by atoms with Crippen LogP contribution in [-0.4, -0.2) is 53.2 Å². The fourth-order valence-electron chi connectivity index (χ4n) is 3.28. The molecule has 0 aromatic heterocycles. The SMILES string of the molecule is CCN(C(=O)COC(=O)CCN1C(=O)c2cccc([N+](=O)[O-])c2C1=O)c1ccccc1. The molecule has 0 fully saturated rings. The topological polar surface area (TPSA) is 127 Å². The first-order valence-electron chi connectivity index (χ1n) is 9.49. The van der Waals surface area contributed by atoms with E-state index in [9.17, 15) is 29.3 Å². The second-order valence-electron chi connectivity index (χ2n) is 6.60. The molecule has 0 radical (unpaired) electrons. The van der Waals surface area contributed by atoms with E-state index in [1.165, 1.54) is 17.0 Å². The van der Waals surface area contributed by atoms with E-state index in [1.54, 1.807) is 31.2 Å². The number of anilines is 1. The number of carbonyl (C=O) groups is 4. The molecule has 3 amide bonds. The smallest absolute Gasteiger partial charge is 0.308 e. The van der Waals surface area contributed by atoms with Crippen molar-refractivity contribution in [1.82, 2.24) is 4.90 Å². The highest BCUT2D eigenvalue weighted by Gasteiger charge is 2.40. The second-order valence-corrected chi connectivity index (χ2v) is 6.60. The van der Waals surface area contributed by atoms with E-state index in [4.69, 9.17) is 4.74 Å². The fraction of sp³-hybridized carbons (Fsp3) is 0.238. The van der Waals surface area contributed by atoms with E-state index < -0.39 is 40.9 Å². The number of imide groups is 1. The minimum atomic E-state index is -0.836. The van der Waals surface area contributed by atoms with Gasteiger partial charge >= 0.3 is 5.97 Å². The Hall–Kier alpha value is -4.08. The van der Waals surface area contributed by atoms with Gasteiger partial charge in [0.2, 0.25) is 0 Å². The van der Waals surface area contributed by atoms with Crippen LogP contribution in [0, 0.1) is 10.1 Å². The molecule has 1 heterocycles. The van der Waals surface area contributed by atoms with Crippen LogP contribution in [0.2, 0.25) is 0 Å². The predicted molar refractivity (Wildman–Crippen MR) is 109 cm³/mol. The summed E-state index contributed by atoms with van der Waals surface area (Å²) in [5.41, 5.74) is -0.169. The van der Waals surface area contributed by atoms with E-state index >= 15 is 0 Å². The molecule has 160 valence electrons. The first kappa shape index (κ1) is 21.6. The maximum atomic E-state index is 12.5. The number of para-hydroxylation sites is 1. The van der Waals surface area contributed by atoms with Crippen molar-refractivity contribution in [3.8, 4) is 0 Å². The van der Waals surface area contributed by atoms with Gasteiger partial charge in [0.1, 0.15) is 5.56 Å². The van der Waals surface area contributed by atoms with Crippen LogP contribution in [-0.2, 0) is 14.3 Å². The zero-order valence-corrected chi connectivity index (χ0v) is 16.6. The number of nitro benzene ring substituents is 1. The minimum Gasteiger partial charge on any atom is -0.455 e. The molecule has 3 rings (SSSR count). The molecule has 0 spiro atoms. The van der Waals surface area contributed by atoms with Gasteiger partial charge in [0, 0.05) is 24.8 Å². The molecule has 0 atom stereocenters. The van der Waals surface area contributed by atoms with Gasteiger partial charge in [0.15, 0.2) is 6.61 Å². The molecule has 2 aromatic rings. The number of carbonyl (C=O) groups excluding carboxylic acids is 4. The molecule has 0 saturated carbocycles. The Morgan fingerprint density at radius 2 is 1.77 bits per heavy atom. The molecule has 1 aliphatic heterocycles. The van der Waals surface area contributed by atoms with Crippen LogP contribution in [0.3, 0.4) is 0 Å². The van der Waals surface area contributed by atoms with Crippen LogP contribution in [0.15, 0.2) is 48.5 Å². The third kappa shape index (κ3) is 4.42. The van der Waals surface area contributed by atoms with Crippen molar-refractivity contribution in [3.63, 3.8) is 0 Å². The van der Waals surface area contributed by atoms with Gasteiger partial charge in [-0.05, 0) is 25.1 Å². The number of hydrogen-bond donors (Lipinski definition) is 0. The average Bonchev–Trinajstić information content (AvgIpc) is 3.02. The van der Waals surface area contributed by atoms with Gasteiger partial charge in [-0.3, -0.25) is 34.2 Å². The van der Waals surface area contributed by atoms with Gasteiger partial charge in [-0.15, -0.1) is 0 Å². The van der Waals surface area contributed by atoms with Crippen molar-refractivity contribution in [1.29, 1.82) is 0 Å². The Labute approximate surface area is 177 Å². The van der Waals surface area contributed by atoms with Gasteiger partial charge in [-0.25, -0.2) is 0 Å². The van der Waals surface area contributed by atoms with Gasteiger partial charge < -0.3 is 9.64 Å². The number of rotatable bonds is 8. The van der Waals surface area contributed by atoms with E-state index in [0.29, 0.717) is 12.2 Å². The summed E-state index contributed by atoms with van der Waals surface area (Å²) in [6.45, 7) is 1.37. The zero-order chi connectivity index (χ0) is 22.5. The molecule has 31 heavy (non-hydrogen) atoms. The number of benzene rings is 2. The average molecular weight is 425 g/mol. The summed E-state index contributed by atoms with van der Waals surface area (Å²) < 4.78 is 4.99. The molecule has 0 saturated heterocycles. The van der Waals surface area contributed by atoms with Crippen molar-refractivity contribution < 1.29 is 28.8 Å². The van der Waals surface area contributed by atoms with Crippen molar-refractivity contribution in [2.75, 3.05) is 24.6 Å². The molecular weight excluding hydrogens is 406 g/mol. The fourth-order valence-corrected chi connectivity index (χ4v) is 3.28. The van der Waals surface area contributed by atoms with Crippen LogP contribution in [0.4, 0.5) is 11.4 Å². The lowest BCUT2D eigenvalue weighted by atomic mass is 10.1. The number of nitro groups is 1. The normalized spacial score (nSPS) is 12.5. The largest absolute Gasteiger partial charge is 0.455 e. The Balaban J connectivity index is 1.57. The van der Waals surface area contributed by atoms with Crippen LogP contribution < -0.4 is 4.90 Å².